The standard InChI is InChI=1S/4C4HF9O6S3.Zr/c4*5-2(6,7)20(14,15)1(21(16,17)3(8,9)10)22(18,19)4(11,12)13;/h4*1H;/q;;;;+4. The molecule has 0 aromatic rings. The van der Waals surface area contributed by atoms with Crippen molar-refractivity contribution in [2.24, 2.45) is 0 Å². The van der Waals surface area contributed by atoms with E-state index in [2.05, 4.69) is 0 Å². The number of rotatable bonds is 12. The van der Waals surface area contributed by atoms with Crippen molar-refractivity contribution >= 4 is 118 Å². The van der Waals surface area contributed by atoms with Crippen molar-refractivity contribution in [1.29, 1.82) is 0 Å². The Labute approximate surface area is 482 Å². The monoisotopic (exact) mass is 1740 g/mol. The molecule has 24 nitrogen and oxygen atoms in total. The van der Waals surface area contributed by atoms with Gasteiger partial charge in [0.15, 0.2) is 0 Å². The summed E-state index contributed by atoms with van der Waals surface area (Å²) < 4.78 is 667. The van der Waals surface area contributed by atoms with E-state index in [1.807, 2.05) is 0 Å². The van der Waals surface area contributed by atoms with Crippen LogP contribution >= 0.6 is 0 Å². The molecule has 536 valence electrons. The van der Waals surface area contributed by atoms with Crippen molar-refractivity contribution in [2.45, 2.75) is 81.8 Å². The first kappa shape index (κ1) is 95.5. The average molecular weight is 1740 g/mol. The second kappa shape index (κ2) is 26.1. The zero-order valence-corrected chi connectivity index (χ0v) is 49.4. The molecule has 0 saturated carbocycles. The Kier molecular flexibility index (Phi) is 28.0. The van der Waals surface area contributed by atoms with E-state index in [-0.39, 0.29) is 26.2 Å². The van der Waals surface area contributed by atoms with E-state index in [1.54, 1.807) is 0 Å². The van der Waals surface area contributed by atoms with Crippen molar-refractivity contribution in [2.75, 3.05) is 0 Å². The van der Waals surface area contributed by atoms with Crippen molar-refractivity contribution < 1.29 is 285 Å². The van der Waals surface area contributed by atoms with E-state index in [0.29, 0.717) is 0 Å². The maximum Gasteiger partial charge on any atom is 4.00 e. The van der Waals surface area contributed by atoms with Gasteiger partial charge in [0.25, 0.3) is 134 Å². The first-order chi connectivity index (χ1) is 36.5. The zero-order valence-electron chi connectivity index (χ0n) is 37.1. The second-order valence-electron chi connectivity index (χ2n) is 13.0. The molecule has 0 unspecified atom stereocenters. The first-order valence-corrected chi connectivity index (χ1v) is 34.6. The molecule has 0 bridgehead atoms. The van der Waals surface area contributed by atoms with Crippen LogP contribution < -0.4 is 0 Å². The summed E-state index contributed by atoms with van der Waals surface area (Å²) in [4.78, 5) is 0. The van der Waals surface area contributed by atoms with Crippen LogP contribution in [0.4, 0.5) is 158 Å². The largest absolute Gasteiger partial charge is 4.00 e. The van der Waals surface area contributed by atoms with Gasteiger partial charge in [0.2, 0.25) is 0 Å². The van der Waals surface area contributed by atoms with E-state index in [1.165, 1.54) is 0 Å². The summed E-state index contributed by atoms with van der Waals surface area (Å²) in [5, 5.41) is 0. The van der Waals surface area contributed by atoms with Gasteiger partial charge in [0, 0.05) is 0 Å². The Morgan fingerprint density at radius 2 is 0.157 bits per heavy atom. The van der Waals surface area contributed by atoms with Crippen molar-refractivity contribution in [1.82, 2.24) is 0 Å². The van der Waals surface area contributed by atoms with Crippen LogP contribution in [-0.2, 0) is 144 Å². The SMILES string of the molecule is O=S(=O)(C(S(=O)(=O)C(F)(F)F)S(=O)(=O)C(F)(F)F)C(F)(F)F.O=S(=O)(C(S(=O)(=O)C(F)(F)F)S(=O)(=O)C(F)(F)F)C(F)(F)F.O=S(=O)(C(S(=O)(=O)C(F)(F)F)S(=O)(=O)C(F)(F)F)C(F)(F)F.O=S(=O)(C(S(=O)(=O)C(F)(F)F)S(=O)(=O)C(F)(F)F)C(F)(F)F.[Zr+4]. The number of halogens is 36. The third kappa shape index (κ3) is 19.0. The van der Waals surface area contributed by atoms with Gasteiger partial charge >= 0.3 is 92.3 Å². The molecule has 0 N–H and O–H groups in total. The Hall–Kier alpha value is -2.24. The van der Waals surface area contributed by atoms with E-state index in [9.17, 15) is 259 Å². The molecule has 0 aromatic heterocycles. The second-order valence-corrected chi connectivity index (χ2v) is 40.9. The first-order valence-electron chi connectivity index (χ1n) is 16.1. The minimum atomic E-state index is -7.94. The molecule has 0 spiro atoms. The van der Waals surface area contributed by atoms with Gasteiger partial charge in [-0.25, -0.2) is 101 Å². The smallest absolute Gasteiger partial charge is 0.217 e. The molecule has 0 aliphatic carbocycles. The quantitative estimate of drug-likeness (QED) is 0.246. The average Bonchev–Trinajstić information content (AvgIpc) is 3.12. The van der Waals surface area contributed by atoms with Gasteiger partial charge in [-0.05, 0) is 0 Å². The Bertz CT molecular complexity index is 3050. The molecule has 0 fully saturated rings. The Balaban J connectivity index is -0.000000351. The van der Waals surface area contributed by atoms with Gasteiger partial charge in [0.1, 0.15) is 0 Å². The fourth-order valence-electron chi connectivity index (χ4n) is 3.31. The number of alkyl halides is 36. The van der Waals surface area contributed by atoms with Crippen LogP contribution in [0.15, 0.2) is 0 Å². The molecule has 0 aliphatic rings. The number of hydrogen-bond donors (Lipinski definition) is 0. The van der Waals surface area contributed by atoms with Gasteiger partial charge in [-0.3, -0.25) is 0 Å². The van der Waals surface area contributed by atoms with E-state index in [0.717, 1.165) is 0 Å². The molecular formula is C16H4F36O24S12Zr+4. The molecule has 73 heteroatoms. The minimum absolute atomic E-state index is 0. The summed E-state index contributed by atoms with van der Waals surface area (Å²) in [6.45, 7) is 0. The molecular weight excluding hydrogens is 1740 g/mol. The molecule has 0 saturated heterocycles. The summed E-state index contributed by atoms with van der Waals surface area (Å²) in [5.41, 5.74) is -84.2. The van der Waals surface area contributed by atoms with Crippen LogP contribution in [0.3, 0.4) is 0 Å². The third-order valence-corrected chi connectivity index (χ3v) is 39.0. The molecule has 0 atom stereocenters. The van der Waals surface area contributed by atoms with Crippen molar-refractivity contribution in [3.05, 3.63) is 0 Å². The molecule has 0 radical (unpaired) electrons. The van der Waals surface area contributed by atoms with Crippen LogP contribution in [0, 0.1) is 0 Å². The van der Waals surface area contributed by atoms with Gasteiger partial charge < -0.3 is 0 Å². The fourth-order valence-corrected chi connectivity index (χ4v) is 29.8. The van der Waals surface area contributed by atoms with Crippen LogP contribution in [-0.4, -0.2) is 183 Å². The predicted octanol–water partition coefficient (Wildman–Crippen LogP) is 4.29. The minimum Gasteiger partial charge on any atom is -0.217 e. The Morgan fingerprint density at radius 3 is 0.180 bits per heavy atom. The normalized spacial score (nSPS) is 15.9. The summed E-state index contributed by atoms with van der Waals surface area (Å²) >= 11 is 0. The predicted molar refractivity (Wildman–Crippen MR) is 195 cm³/mol. The maximum atomic E-state index is 12.1. The Morgan fingerprint density at radius 1 is 0.124 bits per heavy atom. The molecule has 0 rings (SSSR count). The summed E-state index contributed by atoms with van der Waals surface area (Å²) in [5.74, 6) is 0. The summed E-state index contributed by atoms with van der Waals surface area (Å²) in [6.07, 6.45) is 0. The van der Waals surface area contributed by atoms with E-state index in [4.69, 9.17) is 0 Å². The molecule has 0 aliphatic heterocycles. The van der Waals surface area contributed by atoms with Crippen molar-refractivity contribution in [3.8, 4) is 0 Å². The van der Waals surface area contributed by atoms with Gasteiger partial charge in [-0.2, -0.15) is 158 Å². The third-order valence-electron chi connectivity index (χ3n) is 6.91. The van der Waals surface area contributed by atoms with Gasteiger partial charge in [-0.1, -0.05) is 0 Å². The molecule has 89 heavy (non-hydrogen) atoms. The number of sulfone groups is 12. The van der Waals surface area contributed by atoms with E-state index >= 15 is 0 Å². The zero-order chi connectivity index (χ0) is 74.3. The van der Waals surface area contributed by atoms with Crippen LogP contribution in [0.1, 0.15) is 0 Å². The molecule has 0 heterocycles. The van der Waals surface area contributed by atoms with Gasteiger partial charge in [0.05, 0.1) is 0 Å². The maximum absolute atomic E-state index is 12.1. The topological polar surface area (TPSA) is 410 Å². The summed E-state index contributed by atoms with van der Waals surface area (Å²) in [6, 6.07) is 0. The van der Waals surface area contributed by atoms with Crippen molar-refractivity contribution in [3.63, 3.8) is 0 Å². The number of hydrogen-bond acceptors (Lipinski definition) is 24. The summed E-state index contributed by atoms with van der Waals surface area (Å²) in [7, 11) is -95.2. The van der Waals surface area contributed by atoms with Crippen LogP contribution in [0.2, 0.25) is 0 Å². The van der Waals surface area contributed by atoms with E-state index < -0.39 is 200 Å². The fraction of sp³-hybridized carbons (Fsp3) is 1.00. The van der Waals surface area contributed by atoms with Crippen LogP contribution in [0.5, 0.6) is 0 Å². The van der Waals surface area contributed by atoms with Gasteiger partial charge in [-0.15, -0.1) is 0 Å². The molecule has 0 amide bonds. The van der Waals surface area contributed by atoms with Crippen LogP contribution in [0.25, 0.3) is 0 Å². The molecule has 0 aromatic carbocycles.